The number of benzene rings is 2. The van der Waals surface area contributed by atoms with Crippen molar-refractivity contribution in [3.8, 4) is 5.75 Å². The summed E-state index contributed by atoms with van der Waals surface area (Å²) in [6, 6.07) is 10.3. The molecule has 0 fully saturated rings. The number of nitrogens with one attached hydrogen (secondary N) is 1. The molecular formula is C15H12N2O2S. The van der Waals surface area contributed by atoms with Crippen LogP contribution in [0.1, 0.15) is 15.9 Å². The molecule has 0 aliphatic carbocycles. The molecule has 0 unspecified atom stereocenters. The Morgan fingerprint density at radius 1 is 1.25 bits per heavy atom. The van der Waals surface area contributed by atoms with Crippen LogP contribution in [0.25, 0.3) is 10.2 Å². The van der Waals surface area contributed by atoms with Gasteiger partial charge in [-0.1, -0.05) is 0 Å². The number of hydrogen-bond donors (Lipinski definition) is 2. The topological polar surface area (TPSA) is 62.2 Å². The lowest BCUT2D eigenvalue weighted by molar-refractivity contribution is 0.102. The van der Waals surface area contributed by atoms with Crippen molar-refractivity contribution in [2.45, 2.75) is 6.92 Å². The summed E-state index contributed by atoms with van der Waals surface area (Å²) in [5.41, 5.74) is 4.72. The predicted molar refractivity (Wildman–Crippen MR) is 80.4 cm³/mol. The van der Waals surface area contributed by atoms with E-state index in [1.807, 2.05) is 18.2 Å². The highest BCUT2D eigenvalue weighted by Crippen LogP contribution is 2.23. The third-order valence-electron chi connectivity index (χ3n) is 3.04. The number of aryl methyl sites for hydroxylation is 1. The van der Waals surface area contributed by atoms with E-state index in [0.29, 0.717) is 5.56 Å². The molecule has 1 aromatic heterocycles. The van der Waals surface area contributed by atoms with Gasteiger partial charge in [-0.15, -0.1) is 11.3 Å². The molecule has 3 aromatic rings. The number of nitrogens with zero attached hydrogens (tertiary/aromatic N) is 1. The quantitative estimate of drug-likeness (QED) is 0.756. The van der Waals surface area contributed by atoms with Crippen LogP contribution < -0.4 is 5.32 Å². The zero-order valence-electron chi connectivity index (χ0n) is 10.8. The molecule has 20 heavy (non-hydrogen) atoms. The Morgan fingerprint density at radius 3 is 2.90 bits per heavy atom. The number of fused-ring (bicyclic) bond motifs is 1. The average molecular weight is 284 g/mol. The van der Waals surface area contributed by atoms with Crippen molar-refractivity contribution in [1.82, 2.24) is 4.98 Å². The Kier molecular flexibility index (Phi) is 3.12. The van der Waals surface area contributed by atoms with Crippen LogP contribution in [0.4, 0.5) is 5.69 Å². The van der Waals surface area contributed by atoms with E-state index in [4.69, 9.17) is 0 Å². The molecule has 3 rings (SSSR count). The van der Waals surface area contributed by atoms with Crippen molar-refractivity contribution >= 4 is 33.1 Å². The largest absolute Gasteiger partial charge is 0.508 e. The van der Waals surface area contributed by atoms with Gasteiger partial charge < -0.3 is 10.4 Å². The molecule has 100 valence electrons. The minimum Gasteiger partial charge on any atom is -0.508 e. The molecule has 1 heterocycles. The molecule has 2 aromatic carbocycles. The van der Waals surface area contributed by atoms with E-state index >= 15 is 0 Å². The van der Waals surface area contributed by atoms with E-state index in [1.54, 1.807) is 24.6 Å². The summed E-state index contributed by atoms with van der Waals surface area (Å²) in [7, 11) is 0. The number of phenols is 1. The maximum atomic E-state index is 12.2. The van der Waals surface area contributed by atoms with Gasteiger partial charge in [0.2, 0.25) is 0 Å². The third-order valence-corrected chi connectivity index (χ3v) is 3.84. The van der Waals surface area contributed by atoms with Gasteiger partial charge in [-0.2, -0.15) is 0 Å². The van der Waals surface area contributed by atoms with E-state index in [9.17, 15) is 9.90 Å². The van der Waals surface area contributed by atoms with Crippen LogP contribution in [-0.2, 0) is 0 Å². The molecule has 5 heteroatoms. The molecule has 0 aliphatic heterocycles. The lowest BCUT2D eigenvalue weighted by atomic mass is 10.1. The average Bonchev–Trinajstić information content (AvgIpc) is 2.85. The van der Waals surface area contributed by atoms with Crippen molar-refractivity contribution < 1.29 is 9.90 Å². The third kappa shape index (κ3) is 2.35. The van der Waals surface area contributed by atoms with Crippen LogP contribution in [-0.4, -0.2) is 16.0 Å². The first kappa shape index (κ1) is 12.6. The van der Waals surface area contributed by atoms with Crippen LogP contribution in [0, 0.1) is 6.92 Å². The van der Waals surface area contributed by atoms with Gasteiger partial charge in [0.05, 0.1) is 15.7 Å². The van der Waals surface area contributed by atoms with Crippen molar-refractivity contribution in [2.24, 2.45) is 0 Å². The van der Waals surface area contributed by atoms with Crippen molar-refractivity contribution in [2.75, 3.05) is 5.32 Å². The maximum absolute atomic E-state index is 12.2. The van der Waals surface area contributed by atoms with Crippen molar-refractivity contribution in [3.63, 3.8) is 0 Å². The van der Waals surface area contributed by atoms with Crippen molar-refractivity contribution in [3.05, 3.63) is 53.0 Å². The van der Waals surface area contributed by atoms with Gasteiger partial charge in [0.1, 0.15) is 5.75 Å². The monoisotopic (exact) mass is 284 g/mol. The fourth-order valence-electron chi connectivity index (χ4n) is 2.03. The van der Waals surface area contributed by atoms with E-state index in [2.05, 4.69) is 10.3 Å². The zero-order valence-corrected chi connectivity index (χ0v) is 11.6. The Hall–Kier alpha value is -2.40. The number of amides is 1. The predicted octanol–water partition coefficient (Wildman–Crippen LogP) is 3.56. The summed E-state index contributed by atoms with van der Waals surface area (Å²) in [6.07, 6.45) is 0. The molecule has 0 saturated heterocycles. The van der Waals surface area contributed by atoms with Crippen LogP contribution in [0.2, 0.25) is 0 Å². The second kappa shape index (κ2) is 4.94. The normalized spacial score (nSPS) is 10.7. The summed E-state index contributed by atoms with van der Waals surface area (Å²) >= 11 is 1.53. The number of aromatic nitrogens is 1. The number of thiazole rings is 1. The number of hydrogen-bond acceptors (Lipinski definition) is 4. The SMILES string of the molecule is Cc1cc(O)ccc1C(=O)Nc1ccc2ncsc2c1. The molecule has 0 atom stereocenters. The molecule has 4 nitrogen and oxygen atoms in total. The van der Waals surface area contributed by atoms with Crippen LogP contribution in [0.5, 0.6) is 5.75 Å². The number of phenolic OH excluding ortho intramolecular Hbond substituents is 1. The molecule has 0 aliphatic rings. The maximum Gasteiger partial charge on any atom is 0.255 e. The summed E-state index contributed by atoms with van der Waals surface area (Å²) in [4.78, 5) is 16.4. The Balaban J connectivity index is 1.87. The number of anilines is 1. The standard InChI is InChI=1S/C15H12N2O2S/c1-9-6-11(18)3-4-12(9)15(19)17-10-2-5-13-14(7-10)20-8-16-13/h2-8,18H,1H3,(H,17,19). The molecular weight excluding hydrogens is 272 g/mol. The number of carbonyl (C=O) groups excluding carboxylic acids is 1. The van der Waals surface area contributed by atoms with Gasteiger partial charge in [0, 0.05) is 11.3 Å². The highest BCUT2D eigenvalue weighted by Gasteiger charge is 2.10. The summed E-state index contributed by atoms with van der Waals surface area (Å²) in [6.45, 7) is 1.79. The molecule has 2 N–H and O–H groups in total. The van der Waals surface area contributed by atoms with Gasteiger partial charge in [0.25, 0.3) is 5.91 Å². The highest BCUT2D eigenvalue weighted by molar-refractivity contribution is 7.16. The molecule has 0 radical (unpaired) electrons. The molecule has 0 spiro atoms. The van der Waals surface area contributed by atoms with E-state index in [0.717, 1.165) is 21.5 Å². The van der Waals surface area contributed by atoms with E-state index < -0.39 is 0 Å². The van der Waals surface area contributed by atoms with Crippen LogP contribution in [0.3, 0.4) is 0 Å². The second-order valence-corrected chi connectivity index (χ2v) is 5.37. The van der Waals surface area contributed by atoms with Crippen molar-refractivity contribution in [1.29, 1.82) is 0 Å². The summed E-state index contributed by atoms with van der Waals surface area (Å²) in [5.74, 6) is -0.0310. The Morgan fingerprint density at radius 2 is 2.10 bits per heavy atom. The number of aromatic hydroxyl groups is 1. The lowest BCUT2D eigenvalue weighted by Crippen LogP contribution is -2.13. The van der Waals surface area contributed by atoms with Gasteiger partial charge in [0.15, 0.2) is 0 Å². The van der Waals surface area contributed by atoms with Crippen LogP contribution >= 0.6 is 11.3 Å². The first-order chi connectivity index (χ1) is 9.63. The van der Waals surface area contributed by atoms with E-state index in [-0.39, 0.29) is 11.7 Å². The smallest absolute Gasteiger partial charge is 0.255 e. The van der Waals surface area contributed by atoms with Crippen LogP contribution in [0.15, 0.2) is 41.9 Å². The first-order valence-corrected chi connectivity index (χ1v) is 6.96. The van der Waals surface area contributed by atoms with E-state index in [1.165, 1.54) is 17.4 Å². The minimum absolute atomic E-state index is 0.158. The Bertz CT molecular complexity index is 795. The van der Waals surface area contributed by atoms with Gasteiger partial charge in [-0.25, -0.2) is 4.98 Å². The van der Waals surface area contributed by atoms with Gasteiger partial charge in [-0.05, 0) is 48.9 Å². The fraction of sp³-hybridized carbons (Fsp3) is 0.0667. The lowest BCUT2D eigenvalue weighted by Gasteiger charge is -2.08. The second-order valence-electron chi connectivity index (χ2n) is 4.49. The highest BCUT2D eigenvalue weighted by atomic mass is 32.1. The Labute approximate surface area is 119 Å². The minimum atomic E-state index is -0.189. The molecule has 0 bridgehead atoms. The first-order valence-electron chi connectivity index (χ1n) is 6.08. The molecule has 0 saturated carbocycles. The van der Waals surface area contributed by atoms with Gasteiger partial charge >= 0.3 is 0 Å². The molecule has 1 amide bonds. The number of carbonyl (C=O) groups is 1. The fourth-order valence-corrected chi connectivity index (χ4v) is 2.75. The summed E-state index contributed by atoms with van der Waals surface area (Å²) < 4.78 is 1.03. The van der Waals surface area contributed by atoms with Gasteiger partial charge in [-0.3, -0.25) is 4.79 Å². The summed E-state index contributed by atoms with van der Waals surface area (Å²) in [5, 5.41) is 12.2. The number of rotatable bonds is 2. The zero-order chi connectivity index (χ0) is 14.1.